The van der Waals surface area contributed by atoms with Gasteiger partial charge in [0.1, 0.15) is 5.75 Å². The van der Waals surface area contributed by atoms with Gasteiger partial charge in [-0.25, -0.2) is 4.98 Å². The Balaban J connectivity index is 2.29. The van der Waals surface area contributed by atoms with Crippen LogP contribution in [0.1, 0.15) is 12.5 Å². The van der Waals surface area contributed by atoms with Crippen LogP contribution in [0.5, 0.6) is 11.6 Å². The fraction of sp³-hybridized carbons (Fsp3) is 0.231. The highest BCUT2D eigenvalue weighted by atomic mass is 35.5. The molecule has 0 saturated carbocycles. The second-order valence-corrected chi connectivity index (χ2v) is 4.33. The normalized spacial score (nSPS) is 10.3. The van der Waals surface area contributed by atoms with Gasteiger partial charge in [0, 0.05) is 11.6 Å². The molecule has 2 aromatic rings. The van der Waals surface area contributed by atoms with Gasteiger partial charge in [-0.05, 0) is 37.6 Å². The molecular weight excluding hydrogens is 269 g/mol. The molecule has 1 aromatic carbocycles. The van der Waals surface area contributed by atoms with Crippen LogP contribution in [0.2, 0.25) is 5.02 Å². The Labute approximate surface area is 115 Å². The molecule has 0 atom stereocenters. The third-order valence-corrected chi connectivity index (χ3v) is 2.63. The van der Waals surface area contributed by atoms with Gasteiger partial charge in [0.25, 0.3) is 5.88 Å². The Bertz CT molecular complexity index is 592. The molecule has 0 unspecified atom stereocenters. The van der Waals surface area contributed by atoms with E-state index in [2.05, 4.69) is 15.3 Å². The monoisotopic (exact) mass is 281 g/mol. The molecule has 6 heteroatoms. The van der Waals surface area contributed by atoms with E-state index in [0.717, 1.165) is 11.8 Å². The minimum absolute atomic E-state index is 0.114. The molecular formula is C13H13ClFN3O. The topological polar surface area (TPSA) is 47.0 Å². The van der Waals surface area contributed by atoms with E-state index < -0.39 is 5.82 Å². The van der Waals surface area contributed by atoms with Crippen LogP contribution in [-0.2, 0) is 0 Å². The molecule has 1 heterocycles. The zero-order chi connectivity index (χ0) is 13.8. The van der Waals surface area contributed by atoms with Gasteiger partial charge < -0.3 is 10.1 Å². The Hall–Kier alpha value is -1.88. The molecule has 4 nitrogen and oxygen atoms in total. The van der Waals surface area contributed by atoms with Gasteiger partial charge in [-0.1, -0.05) is 11.6 Å². The average molecular weight is 282 g/mol. The lowest BCUT2D eigenvalue weighted by molar-refractivity contribution is 0.418. The SMILES string of the molecule is CCNc1ncc(F)c(Oc2ccc(Cl)cc2C)n1. The molecule has 0 aliphatic heterocycles. The Morgan fingerprint density at radius 1 is 1.42 bits per heavy atom. The predicted molar refractivity (Wildman–Crippen MR) is 72.4 cm³/mol. The van der Waals surface area contributed by atoms with Crippen molar-refractivity contribution in [1.29, 1.82) is 0 Å². The number of benzene rings is 1. The first-order valence-corrected chi connectivity index (χ1v) is 6.18. The van der Waals surface area contributed by atoms with E-state index in [1.54, 1.807) is 18.2 Å². The molecule has 1 aromatic heterocycles. The molecule has 0 aliphatic carbocycles. The number of nitrogens with one attached hydrogen (secondary N) is 1. The van der Waals surface area contributed by atoms with Crippen molar-refractivity contribution < 1.29 is 9.13 Å². The second-order valence-electron chi connectivity index (χ2n) is 3.89. The molecule has 0 radical (unpaired) electrons. The van der Waals surface area contributed by atoms with Crippen LogP contribution in [0, 0.1) is 12.7 Å². The van der Waals surface area contributed by atoms with E-state index in [-0.39, 0.29) is 5.88 Å². The van der Waals surface area contributed by atoms with Gasteiger partial charge in [-0.2, -0.15) is 9.37 Å². The molecule has 100 valence electrons. The van der Waals surface area contributed by atoms with Crippen molar-refractivity contribution >= 4 is 17.5 Å². The van der Waals surface area contributed by atoms with Crippen molar-refractivity contribution in [3.63, 3.8) is 0 Å². The van der Waals surface area contributed by atoms with Crippen molar-refractivity contribution in [2.24, 2.45) is 0 Å². The third kappa shape index (κ3) is 3.32. The van der Waals surface area contributed by atoms with E-state index in [0.29, 0.717) is 23.3 Å². The van der Waals surface area contributed by atoms with Crippen LogP contribution in [0.25, 0.3) is 0 Å². The molecule has 0 saturated heterocycles. The lowest BCUT2D eigenvalue weighted by atomic mass is 10.2. The van der Waals surface area contributed by atoms with Crippen molar-refractivity contribution in [2.75, 3.05) is 11.9 Å². The van der Waals surface area contributed by atoms with Gasteiger partial charge >= 0.3 is 0 Å². The summed E-state index contributed by atoms with van der Waals surface area (Å²) in [6.07, 6.45) is 1.07. The Morgan fingerprint density at radius 3 is 2.89 bits per heavy atom. The Kier molecular flexibility index (Phi) is 4.16. The highest BCUT2D eigenvalue weighted by Crippen LogP contribution is 2.27. The lowest BCUT2D eigenvalue weighted by Crippen LogP contribution is -2.04. The number of anilines is 1. The van der Waals surface area contributed by atoms with Gasteiger partial charge in [-0.15, -0.1) is 0 Å². The number of nitrogens with zero attached hydrogens (tertiary/aromatic N) is 2. The summed E-state index contributed by atoms with van der Waals surface area (Å²) < 4.78 is 19.1. The lowest BCUT2D eigenvalue weighted by Gasteiger charge is -2.09. The van der Waals surface area contributed by atoms with Crippen LogP contribution in [0.3, 0.4) is 0 Å². The summed E-state index contributed by atoms with van der Waals surface area (Å²) in [6.45, 7) is 4.37. The predicted octanol–water partition coefficient (Wildman–Crippen LogP) is 3.80. The van der Waals surface area contributed by atoms with E-state index in [1.165, 1.54) is 0 Å². The van der Waals surface area contributed by atoms with Gasteiger partial charge in [0.15, 0.2) is 0 Å². The highest BCUT2D eigenvalue weighted by molar-refractivity contribution is 6.30. The minimum atomic E-state index is -0.615. The number of ether oxygens (including phenoxy) is 1. The van der Waals surface area contributed by atoms with Crippen LogP contribution in [0.4, 0.5) is 10.3 Å². The van der Waals surface area contributed by atoms with E-state index in [4.69, 9.17) is 16.3 Å². The number of hydrogen-bond acceptors (Lipinski definition) is 4. The fourth-order valence-corrected chi connectivity index (χ4v) is 1.72. The molecule has 2 rings (SSSR count). The van der Waals surface area contributed by atoms with E-state index in [1.807, 2.05) is 13.8 Å². The van der Waals surface area contributed by atoms with Crippen molar-refractivity contribution in [3.05, 3.63) is 40.8 Å². The van der Waals surface area contributed by atoms with Crippen molar-refractivity contribution in [2.45, 2.75) is 13.8 Å². The minimum Gasteiger partial charge on any atom is -0.436 e. The maximum atomic E-state index is 13.6. The summed E-state index contributed by atoms with van der Waals surface area (Å²) in [4.78, 5) is 7.78. The highest BCUT2D eigenvalue weighted by Gasteiger charge is 2.10. The van der Waals surface area contributed by atoms with Gasteiger partial charge in [0.2, 0.25) is 11.8 Å². The summed E-state index contributed by atoms with van der Waals surface area (Å²) in [5, 5.41) is 3.49. The number of aryl methyl sites for hydroxylation is 1. The first kappa shape index (κ1) is 13.5. The zero-order valence-electron chi connectivity index (χ0n) is 10.6. The fourth-order valence-electron chi connectivity index (χ4n) is 1.50. The average Bonchev–Trinajstić information content (AvgIpc) is 2.37. The summed E-state index contributed by atoms with van der Waals surface area (Å²) in [5.41, 5.74) is 0.801. The molecule has 0 aliphatic rings. The van der Waals surface area contributed by atoms with Crippen molar-refractivity contribution in [1.82, 2.24) is 9.97 Å². The summed E-state index contributed by atoms with van der Waals surface area (Å²) in [5.74, 6) is 0.0994. The molecule has 0 amide bonds. The number of halogens is 2. The second kappa shape index (κ2) is 5.84. The van der Waals surface area contributed by atoms with Crippen LogP contribution < -0.4 is 10.1 Å². The number of rotatable bonds is 4. The maximum Gasteiger partial charge on any atom is 0.260 e. The summed E-state index contributed by atoms with van der Waals surface area (Å²) in [7, 11) is 0. The van der Waals surface area contributed by atoms with E-state index >= 15 is 0 Å². The summed E-state index contributed by atoms with van der Waals surface area (Å²) >= 11 is 5.85. The Morgan fingerprint density at radius 2 is 2.21 bits per heavy atom. The van der Waals surface area contributed by atoms with Crippen LogP contribution in [-0.4, -0.2) is 16.5 Å². The quantitative estimate of drug-likeness (QED) is 0.926. The third-order valence-electron chi connectivity index (χ3n) is 2.39. The maximum absolute atomic E-state index is 13.6. The van der Waals surface area contributed by atoms with Crippen molar-refractivity contribution in [3.8, 4) is 11.6 Å². The van der Waals surface area contributed by atoms with Gasteiger partial charge in [0.05, 0.1) is 6.20 Å². The largest absolute Gasteiger partial charge is 0.436 e. The zero-order valence-corrected chi connectivity index (χ0v) is 11.3. The molecule has 19 heavy (non-hydrogen) atoms. The molecule has 0 bridgehead atoms. The standard InChI is InChI=1S/C13H13ClFN3O/c1-3-16-13-17-7-10(15)12(18-13)19-11-5-4-9(14)6-8(11)2/h4-7H,3H2,1-2H3,(H,16,17,18). The van der Waals surface area contributed by atoms with E-state index in [9.17, 15) is 4.39 Å². The molecule has 0 fully saturated rings. The van der Waals surface area contributed by atoms with Gasteiger partial charge in [-0.3, -0.25) is 0 Å². The first-order chi connectivity index (χ1) is 9.10. The first-order valence-electron chi connectivity index (χ1n) is 5.80. The summed E-state index contributed by atoms with van der Waals surface area (Å²) in [6, 6.07) is 5.08. The molecule has 1 N–H and O–H groups in total. The van der Waals surface area contributed by atoms with Crippen LogP contribution in [0.15, 0.2) is 24.4 Å². The number of aromatic nitrogens is 2. The number of hydrogen-bond donors (Lipinski definition) is 1. The molecule has 0 spiro atoms. The van der Waals surface area contributed by atoms with Crippen LogP contribution >= 0.6 is 11.6 Å². The smallest absolute Gasteiger partial charge is 0.260 e.